The summed E-state index contributed by atoms with van der Waals surface area (Å²) in [4.78, 5) is 43.0. The zero-order valence-corrected chi connectivity index (χ0v) is 18.7. The van der Waals surface area contributed by atoms with Crippen molar-refractivity contribution in [3.8, 4) is 0 Å². The summed E-state index contributed by atoms with van der Waals surface area (Å²) in [5.41, 5.74) is 2.72. The minimum Gasteiger partial charge on any atom is -0.348 e. The van der Waals surface area contributed by atoms with Crippen LogP contribution in [0.3, 0.4) is 0 Å². The third-order valence-corrected chi connectivity index (χ3v) is 6.14. The molecule has 3 rings (SSSR count). The van der Waals surface area contributed by atoms with Gasteiger partial charge in [-0.15, -0.1) is 11.8 Å². The van der Waals surface area contributed by atoms with Crippen LogP contribution in [0.2, 0.25) is 0 Å². The number of pyridine rings is 1. The molecule has 0 spiro atoms. The van der Waals surface area contributed by atoms with E-state index in [0.29, 0.717) is 31.7 Å². The Balaban J connectivity index is 1.40. The van der Waals surface area contributed by atoms with E-state index < -0.39 is 11.8 Å². The van der Waals surface area contributed by atoms with E-state index in [-0.39, 0.29) is 11.8 Å². The van der Waals surface area contributed by atoms with Crippen LogP contribution in [-0.2, 0) is 16.1 Å². The number of carbonyl (C=O) groups is 3. The molecule has 7 nitrogen and oxygen atoms in total. The van der Waals surface area contributed by atoms with Gasteiger partial charge in [-0.05, 0) is 49.6 Å². The van der Waals surface area contributed by atoms with Gasteiger partial charge < -0.3 is 15.5 Å². The zero-order valence-electron chi connectivity index (χ0n) is 17.9. The van der Waals surface area contributed by atoms with E-state index in [4.69, 9.17) is 0 Å². The minimum atomic E-state index is -0.630. The minimum absolute atomic E-state index is 0.00424. The molecule has 1 aliphatic rings. The summed E-state index contributed by atoms with van der Waals surface area (Å²) in [6.45, 7) is 4.00. The van der Waals surface area contributed by atoms with Gasteiger partial charge in [0.2, 0.25) is 0 Å². The molecule has 1 fully saturated rings. The molecule has 31 heavy (non-hydrogen) atoms. The number of likely N-dealkylation sites (tertiary alicyclic amines) is 1. The first kappa shape index (κ1) is 22.8. The molecule has 0 unspecified atom stereocenters. The third kappa shape index (κ3) is 6.30. The Morgan fingerprint density at radius 2 is 1.74 bits per heavy atom. The first-order chi connectivity index (χ1) is 15.0. The van der Waals surface area contributed by atoms with Crippen molar-refractivity contribution in [2.45, 2.75) is 31.3 Å². The van der Waals surface area contributed by atoms with Crippen LogP contribution < -0.4 is 10.6 Å². The van der Waals surface area contributed by atoms with Gasteiger partial charge in [-0.1, -0.05) is 29.8 Å². The number of nitrogens with one attached hydrogen (secondary N) is 2. The van der Waals surface area contributed by atoms with Gasteiger partial charge in [0, 0.05) is 32.4 Å². The topological polar surface area (TPSA) is 91.4 Å². The van der Waals surface area contributed by atoms with Crippen molar-refractivity contribution < 1.29 is 14.4 Å². The Kier molecular flexibility index (Phi) is 8.06. The fourth-order valence-electron chi connectivity index (χ4n) is 3.51. The average Bonchev–Trinajstić information content (AvgIpc) is 2.81. The smallest absolute Gasteiger partial charge is 0.309 e. The highest BCUT2D eigenvalue weighted by molar-refractivity contribution is 7.98. The Morgan fingerprint density at radius 3 is 2.42 bits per heavy atom. The van der Waals surface area contributed by atoms with E-state index in [1.165, 1.54) is 11.8 Å². The molecule has 2 aromatic rings. The van der Waals surface area contributed by atoms with Crippen LogP contribution in [0, 0.1) is 12.8 Å². The summed E-state index contributed by atoms with van der Waals surface area (Å²) in [6.07, 6.45) is 5.16. The average molecular weight is 441 g/mol. The molecule has 8 heteroatoms. The highest BCUT2D eigenvalue weighted by Gasteiger charge is 2.26. The van der Waals surface area contributed by atoms with E-state index in [2.05, 4.69) is 15.6 Å². The van der Waals surface area contributed by atoms with Crippen molar-refractivity contribution >= 4 is 29.5 Å². The summed E-state index contributed by atoms with van der Waals surface area (Å²) >= 11 is 1.46. The maximum atomic E-state index is 12.8. The summed E-state index contributed by atoms with van der Waals surface area (Å²) in [5, 5.41) is 6.10. The normalized spacial score (nSPS) is 14.2. The molecule has 1 aliphatic heterocycles. The Labute approximate surface area is 187 Å². The number of hydrogen-bond acceptors (Lipinski definition) is 5. The lowest BCUT2D eigenvalue weighted by Gasteiger charge is -2.32. The van der Waals surface area contributed by atoms with Crippen LogP contribution in [0.1, 0.15) is 34.3 Å². The van der Waals surface area contributed by atoms with Crippen LogP contribution in [0.4, 0.5) is 0 Å². The van der Waals surface area contributed by atoms with Gasteiger partial charge >= 0.3 is 11.8 Å². The number of rotatable bonds is 6. The first-order valence-corrected chi connectivity index (χ1v) is 11.6. The van der Waals surface area contributed by atoms with Gasteiger partial charge in [-0.25, -0.2) is 4.98 Å². The third-order valence-electron chi connectivity index (χ3n) is 5.43. The van der Waals surface area contributed by atoms with Gasteiger partial charge in [0.05, 0.1) is 5.56 Å². The van der Waals surface area contributed by atoms with Crippen LogP contribution in [0.25, 0.3) is 0 Å². The van der Waals surface area contributed by atoms with E-state index in [9.17, 15) is 14.4 Å². The number of aromatic nitrogens is 1. The van der Waals surface area contributed by atoms with Crippen molar-refractivity contribution in [3.63, 3.8) is 0 Å². The van der Waals surface area contributed by atoms with E-state index in [1.54, 1.807) is 12.3 Å². The SMILES string of the molecule is CSc1ncccc1C(=O)N1CCC(CNC(=O)C(=O)NCc2ccc(C)cc2)CC1. The molecule has 0 bridgehead atoms. The van der Waals surface area contributed by atoms with Crippen molar-refractivity contribution in [1.29, 1.82) is 0 Å². The second kappa shape index (κ2) is 10.9. The molecule has 0 atom stereocenters. The molecular weight excluding hydrogens is 412 g/mol. The standard InChI is InChI=1S/C23H28N4O3S/c1-16-5-7-17(8-6-16)14-25-20(28)21(29)26-15-18-9-12-27(13-10-18)23(30)19-4-3-11-24-22(19)31-2/h3-8,11,18H,9-10,12-15H2,1-2H3,(H,25,28)(H,26,29). The molecule has 2 heterocycles. The van der Waals surface area contributed by atoms with Gasteiger partial charge in [0.1, 0.15) is 5.03 Å². The first-order valence-electron chi connectivity index (χ1n) is 10.4. The largest absolute Gasteiger partial charge is 0.348 e. The van der Waals surface area contributed by atoms with Crippen molar-refractivity contribution in [2.24, 2.45) is 5.92 Å². The van der Waals surface area contributed by atoms with E-state index >= 15 is 0 Å². The molecule has 3 amide bonds. The fourth-order valence-corrected chi connectivity index (χ4v) is 4.05. The Morgan fingerprint density at radius 1 is 1.06 bits per heavy atom. The summed E-state index contributed by atoms with van der Waals surface area (Å²) in [5.74, 6) is -1.01. The van der Waals surface area contributed by atoms with E-state index in [1.807, 2.05) is 48.4 Å². The quantitative estimate of drug-likeness (QED) is 0.532. The molecule has 1 saturated heterocycles. The number of nitrogens with zero attached hydrogens (tertiary/aromatic N) is 2. The van der Waals surface area contributed by atoms with Crippen LogP contribution in [-0.4, -0.2) is 53.5 Å². The van der Waals surface area contributed by atoms with Crippen molar-refractivity contribution in [2.75, 3.05) is 25.9 Å². The Bertz CT molecular complexity index is 925. The maximum absolute atomic E-state index is 12.8. The fraction of sp³-hybridized carbons (Fsp3) is 0.391. The lowest BCUT2D eigenvalue weighted by Crippen LogP contribution is -2.44. The van der Waals surface area contributed by atoms with Gasteiger partial charge in [-0.2, -0.15) is 0 Å². The maximum Gasteiger partial charge on any atom is 0.309 e. The number of aryl methyl sites for hydroxylation is 1. The second-order valence-corrected chi connectivity index (χ2v) is 8.47. The molecule has 0 radical (unpaired) electrons. The Hall–Kier alpha value is -2.87. The molecule has 0 aliphatic carbocycles. The van der Waals surface area contributed by atoms with Crippen LogP contribution in [0.5, 0.6) is 0 Å². The monoisotopic (exact) mass is 440 g/mol. The number of piperidine rings is 1. The number of benzene rings is 1. The van der Waals surface area contributed by atoms with Gasteiger partial charge in [0.15, 0.2) is 0 Å². The number of hydrogen-bond donors (Lipinski definition) is 2. The highest BCUT2D eigenvalue weighted by Crippen LogP contribution is 2.22. The number of thioether (sulfide) groups is 1. The predicted molar refractivity (Wildman–Crippen MR) is 121 cm³/mol. The summed E-state index contributed by atoms with van der Waals surface area (Å²) < 4.78 is 0. The van der Waals surface area contributed by atoms with Crippen LogP contribution in [0.15, 0.2) is 47.6 Å². The highest BCUT2D eigenvalue weighted by atomic mass is 32.2. The van der Waals surface area contributed by atoms with Gasteiger partial charge in [-0.3, -0.25) is 14.4 Å². The zero-order chi connectivity index (χ0) is 22.2. The predicted octanol–water partition coefficient (Wildman–Crippen LogP) is 2.40. The van der Waals surface area contributed by atoms with Crippen molar-refractivity contribution in [3.05, 3.63) is 59.3 Å². The summed E-state index contributed by atoms with van der Waals surface area (Å²) in [6, 6.07) is 11.4. The molecule has 1 aromatic heterocycles. The molecular formula is C23H28N4O3S. The molecule has 2 N–H and O–H groups in total. The second-order valence-electron chi connectivity index (χ2n) is 7.67. The van der Waals surface area contributed by atoms with E-state index in [0.717, 1.165) is 29.0 Å². The van der Waals surface area contributed by atoms with Crippen LogP contribution >= 0.6 is 11.8 Å². The summed E-state index contributed by atoms with van der Waals surface area (Å²) in [7, 11) is 0. The molecule has 1 aromatic carbocycles. The molecule has 0 saturated carbocycles. The van der Waals surface area contributed by atoms with Gasteiger partial charge in [0.25, 0.3) is 5.91 Å². The lowest BCUT2D eigenvalue weighted by molar-refractivity contribution is -0.139. The van der Waals surface area contributed by atoms with Crippen molar-refractivity contribution in [1.82, 2.24) is 20.5 Å². The molecule has 164 valence electrons. The number of amides is 3. The number of carbonyl (C=O) groups excluding carboxylic acids is 3. The lowest BCUT2D eigenvalue weighted by atomic mass is 9.96.